The van der Waals surface area contributed by atoms with Crippen LogP contribution in [0.1, 0.15) is 93.0 Å². The lowest BCUT2D eigenvalue weighted by Gasteiger charge is -2.38. The first-order chi connectivity index (χ1) is 20.3. The van der Waals surface area contributed by atoms with Crippen LogP contribution in [0.25, 0.3) is 0 Å². The summed E-state index contributed by atoms with van der Waals surface area (Å²) in [6.45, 7) is 2.30. The van der Waals surface area contributed by atoms with Gasteiger partial charge < -0.3 is 0 Å². The molecule has 2 aliphatic carbocycles. The van der Waals surface area contributed by atoms with E-state index in [0.717, 1.165) is 17.8 Å². The molecule has 0 saturated heterocycles. The molecule has 3 aromatic rings. The zero-order valence-corrected chi connectivity index (χ0v) is 24.2. The van der Waals surface area contributed by atoms with Crippen LogP contribution in [0, 0.1) is 38.0 Å². The van der Waals surface area contributed by atoms with E-state index in [9.17, 15) is 25.0 Å². The molecule has 0 N–H and O–H groups in total. The SMILES string of the molecule is CCCC1CCC(C2CCC(c3ccc(N(C(=O)c4ccc([N+](=O)[O-])cc4)c4ccc([N+](=O)[O-])cc4)cc3)CC2)CC1. The van der Waals surface area contributed by atoms with Gasteiger partial charge in [0.2, 0.25) is 0 Å². The summed E-state index contributed by atoms with van der Waals surface area (Å²) in [5, 5.41) is 22.3. The van der Waals surface area contributed by atoms with E-state index in [1.54, 1.807) is 12.1 Å². The Morgan fingerprint density at radius 3 is 1.62 bits per heavy atom. The summed E-state index contributed by atoms with van der Waals surface area (Å²) in [6, 6.07) is 19.4. The summed E-state index contributed by atoms with van der Waals surface area (Å²) in [5.74, 6) is 2.81. The van der Waals surface area contributed by atoms with Gasteiger partial charge in [0.05, 0.1) is 9.85 Å². The van der Waals surface area contributed by atoms with Crippen molar-refractivity contribution in [2.24, 2.45) is 17.8 Å². The van der Waals surface area contributed by atoms with Crippen LogP contribution < -0.4 is 4.90 Å². The predicted molar refractivity (Wildman–Crippen MR) is 164 cm³/mol. The fourth-order valence-corrected chi connectivity index (χ4v) is 7.14. The number of nitro benzene ring substituents is 2. The molecule has 0 bridgehead atoms. The van der Waals surface area contributed by atoms with Crippen molar-refractivity contribution in [1.82, 2.24) is 0 Å². The number of nitro groups is 2. The van der Waals surface area contributed by atoms with E-state index in [4.69, 9.17) is 0 Å². The molecule has 220 valence electrons. The van der Waals surface area contributed by atoms with Gasteiger partial charge in [0, 0.05) is 41.2 Å². The number of nitrogens with zero attached hydrogens (tertiary/aromatic N) is 3. The molecule has 2 saturated carbocycles. The smallest absolute Gasteiger partial charge is 0.269 e. The maximum Gasteiger partial charge on any atom is 0.269 e. The summed E-state index contributed by atoms with van der Waals surface area (Å²) in [7, 11) is 0. The van der Waals surface area contributed by atoms with Crippen LogP contribution in [-0.2, 0) is 0 Å². The molecule has 42 heavy (non-hydrogen) atoms. The average Bonchev–Trinajstić information content (AvgIpc) is 3.02. The Hall–Kier alpha value is -4.07. The third kappa shape index (κ3) is 6.69. The highest BCUT2D eigenvalue weighted by atomic mass is 16.6. The van der Waals surface area contributed by atoms with Gasteiger partial charge in [0.25, 0.3) is 17.3 Å². The molecule has 0 atom stereocenters. The first-order valence-electron chi connectivity index (χ1n) is 15.3. The quantitative estimate of drug-likeness (QED) is 0.188. The normalized spacial score (nSPS) is 22.3. The van der Waals surface area contributed by atoms with E-state index in [2.05, 4.69) is 19.1 Å². The van der Waals surface area contributed by atoms with Crippen molar-refractivity contribution in [3.63, 3.8) is 0 Å². The van der Waals surface area contributed by atoms with Crippen LogP contribution in [0.5, 0.6) is 0 Å². The number of hydrogen-bond donors (Lipinski definition) is 0. The Balaban J connectivity index is 1.30. The number of carbonyl (C=O) groups excluding carboxylic acids is 1. The van der Waals surface area contributed by atoms with Gasteiger partial charge in [-0.05, 0) is 104 Å². The molecule has 0 unspecified atom stereocenters. The molecule has 0 aliphatic heterocycles. The van der Waals surface area contributed by atoms with E-state index in [1.165, 1.54) is 111 Å². The standard InChI is InChI=1S/C34H39N3O5/c1-2-3-24-4-6-25(7-5-24)26-8-10-27(11-9-26)28-12-16-30(17-13-28)35(31-20-22-33(23-21-31)37(41)42)34(38)29-14-18-32(19-15-29)36(39)40/h12-27H,2-11H2,1H3. The maximum absolute atomic E-state index is 13.7. The number of amides is 1. The molecule has 0 aromatic heterocycles. The third-order valence-corrected chi connectivity index (χ3v) is 9.50. The minimum Gasteiger partial charge on any atom is -0.277 e. The highest BCUT2D eigenvalue weighted by molar-refractivity contribution is 6.11. The molecule has 8 nitrogen and oxygen atoms in total. The van der Waals surface area contributed by atoms with Gasteiger partial charge in [-0.1, -0.05) is 44.7 Å². The number of hydrogen-bond acceptors (Lipinski definition) is 5. The number of rotatable bonds is 9. The summed E-state index contributed by atoms with van der Waals surface area (Å²) in [4.78, 5) is 36.5. The monoisotopic (exact) mass is 569 g/mol. The molecule has 8 heteroatoms. The fraction of sp³-hybridized carbons (Fsp3) is 0.441. The van der Waals surface area contributed by atoms with Crippen molar-refractivity contribution in [2.75, 3.05) is 4.90 Å². The summed E-state index contributed by atoms with van der Waals surface area (Å²) >= 11 is 0. The lowest BCUT2D eigenvalue weighted by atomic mass is 9.68. The highest BCUT2D eigenvalue weighted by Gasteiger charge is 2.31. The van der Waals surface area contributed by atoms with E-state index >= 15 is 0 Å². The van der Waals surface area contributed by atoms with Crippen LogP contribution >= 0.6 is 0 Å². The molecule has 2 fully saturated rings. The molecule has 0 radical (unpaired) electrons. The van der Waals surface area contributed by atoms with Gasteiger partial charge in [0.15, 0.2) is 0 Å². The molecular formula is C34H39N3O5. The second kappa shape index (κ2) is 13.3. The number of benzene rings is 3. The predicted octanol–water partition coefficient (Wildman–Crippen LogP) is 9.36. The summed E-state index contributed by atoms with van der Waals surface area (Å²) in [5.41, 5.74) is 2.50. The van der Waals surface area contributed by atoms with E-state index in [-0.39, 0.29) is 22.8 Å². The number of carbonyl (C=O) groups is 1. The van der Waals surface area contributed by atoms with Crippen molar-refractivity contribution in [1.29, 1.82) is 0 Å². The Bertz CT molecular complexity index is 1370. The van der Waals surface area contributed by atoms with Crippen LogP contribution in [0.2, 0.25) is 0 Å². The van der Waals surface area contributed by atoms with Gasteiger partial charge in [-0.2, -0.15) is 0 Å². The Kier molecular flexibility index (Phi) is 9.30. The van der Waals surface area contributed by atoms with Crippen LogP contribution in [0.4, 0.5) is 22.7 Å². The lowest BCUT2D eigenvalue weighted by molar-refractivity contribution is -0.385. The fourth-order valence-electron chi connectivity index (χ4n) is 7.14. The molecule has 5 rings (SSSR count). The molecule has 1 amide bonds. The number of non-ortho nitro benzene ring substituents is 2. The molecule has 0 spiro atoms. The second-order valence-electron chi connectivity index (χ2n) is 12.0. The van der Waals surface area contributed by atoms with Crippen LogP contribution in [0.3, 0.4) is 0 Å². The van der Waals surface area contributed by atoms with E-state index in [1.807, 2.05) is 12.1 Å². The molecule has 0 heterocycles. The van der Waals surface area contributed by atoms with E-state index in [0.29, 0.717) is 17.3 Å². The Labute approximate surface area is 247 Å². The minimum absolute atomic E-state index is 0.0681. The number of anilines is 2. The largest absolute Gasteiger partial charge is 0.277 e. The van der Waals surface area contributed by atoms with Gasteiger partial charge in [0.1, 0.15) is 0 Å². The van der Waals surface area contributed by atoms with Crippen molar-refractivity contribution < 1.29 is 14.6 Å². The van der Waals surface area contributed by atoms with Gasteiger partial charge in [-0.3, -0.25) is 29.9 Å². The summed E-state index contributed by atoms with van der Waals surface area (Å²) < 4.78 is 0. The maximum atomic E-state index is 13.7. The first-order valence-corrected chi connectivity index (χ1v) is 15.3. The van der Waals surface area contributed by atoms with Gasteiger partial charge in [-0.25, -0.2) is 0 Å². The lowest BCUT2D eigenvalue weighted by Crippen LogP contribution is -2.26. The molecular weight excluding hydrogens is 530 g/mol. The first kappa shape index (κ1) is 29.4. The summed E-state index contributed by atoms with van der Waals surface area (Å²) in [6.07, 6.45) is 13.2. The van der Waals surface area contributed by atoms with Crippen molar-refractivity contribution in [2.45, 2.75) is 77.0 Å². The van der Waals surface area contributed by atoms with Crippen molar-refractivity contribution in [3.05, 3.63) is 104 Å². The Morgan fingerprint density at radius 1 is 0.690 bits per heavy atom. The zero-order valence-electron chi connectivity index (χ0n) is 24.2. The van der Waals surface area contributed by atoms with Crippen LogP contribution in [-0.4, -0.2) is 15.8 Å². The van der Waals surface area contributed by atoms with Crippen molar-refractivity contribution >= 4 is 28.7 Å². The molecule has 2 aliphatic rings. The zero-order chi connectivity index (χ0) is 29.6. The Morgan fingerprint density at radius 2 is 1.14 bits per heavy atom. The highest BCUT2D eigenvalue weighted by Crippen LogP contribution is 2.45. The van der Waals surface area contributed by atoms with Crippen molar-refractivity contribution in [3.8, 4) is 0 Å². The molecule has 3 aromatic carbocycles. The van der Waals surface area contributed by atoms with E-state index < -0.39 is 9.85 Å². The average molecular weight is 570 g/mol. The topological polar surface area (TPSA) is 107 Å². The van der Waals surface area contributed by atoms with Gasteiger partial charge in [-0.15, -0.1) is 0 Å². The third-order valence-electron chi connectivity index (χ3n) is 9.50. The minimum atomic E-state index is -0.507. The second-order valence-corrected chi connectivity index (χ2v) is 12.0. The van der Waals surface area contributed by atoms with Gasteiger partial charge >= 0.3 is 0 Å². The van der Waals surface area contributed by atoms with Crippen LogP contribution in [0.15, 0.2) is 72.8 Å².